The van der Waals surface area contributed by atoms with E-state index in [1.165, 1.54) is 12.1 Å². The maximum absolute atomic E-state index is 13.4. The van der Waals surface area contributed by atoms with Crippen LogP contribution in [0.3, 0.4) is 0 Å². The Kier molecular flexibility index (Phi) is 13.5. The summed E-state index contributed by atoms with van der Waals surface area (Å²) >= 11 is 0. The van der Waals surface area contributed by atoms with Crippen LogP contribution >= 0.6 is 24.0 Å². The highest BCUT2D eigenvalue weighted by Crippen LogP contribution is 2.22. The van der Waals surface area contributed by atoms with Gasteiger partial charge in [-0.1, -0.05) is 12.1 Å². The van der Waals surface area contributed by atoms with E-state index >= 15 is 0 Å². The Morgan fingerprint density at radius 1 is 1.16 bits per heavy atom. The second kappa shape index (κ2) is 14.9. The molecule has 178 valence electrons. The van der Waals surface area contributed by atoms with Crippen molar-refractivity contribution in [3.05, 3.63) is 35.6 Å². The number of nitrogens with one attached hydrogen (secondary N) is 3. The van der Waals surface area contributed by atoms with E-state index in [0.29, 0.717) is 51.8 Å². The summed E-state index contributed by atoms with van der Waals surface area (Å²) in [5, 5.41) is 6.46. The van der Waals surface area contributed by atoms with E-state index < -0.39 is 10.0 Å². The second-order valence-electron chi connectivity index (χ2n) is 7.01. The molecule has 0 bridgehead atoms. The number of ether oxygens (including phenoxy) is 1. The van der Waals surface area contributed by atoms with Crippen LogP contribution in [-0.4, -0.2) is 77.5 Å². The van der Waals surface area contributed by atoms with Gasteiger partial charge in [-0.3, -0.25) is 9.89 Å². The van der Waals surface area contributed by atoms with Crippen molar-refractivity contribution >= 4 is 40.0 Å². The fourth-order valence-electron chi connectivity index (χ4n) is 3.15. The highest BCUT2D eigenvalue weighted by molar-refractivity contribution is 14.0. The first-order valence-corrected chi connectivity index (χ1v) is 12.2. The summed E-state index contributed by atoms with van der Waals surface area (Å²) in [4.78, 5) is 7.04. The lowest BCUT2D eigenvalue weighted by atomic mass is 10.0. The number of rotatable bonds is 11. The molecule has 1 aromatic rings. The molecule has 1 fully saturated rings. The van der Waals surface area contributed by atoms with Gasteiger partial charge in [0.2, 0.25) is 10.0 Å². The number of halogens is 2. The highest BCUT2D eigenvalue weighted by Gasteiger charge is 2.22. The van der Waals surface area contributed by atoms with Crippen molar-refractivity contribution in [1.29, 1.82) is 0 Å². The Bertz CT molecular complexity index is 759. The van der Waals surface area contributed by atoms with E-state index in [2.05, 4.69) is 20.3 Å². The van der Waals surface area contributed by atoms with Crippen LogP contribution in [0, 0.1) is 5.82 Å². The number of morpholine rings is 1. The number of hydrogen-bond acceptors (Lipinski definition) is 5. The van der Waals surface area contributed by atoms with Gasteiger partial charge in [0.1, 0.15) is 5.82 Å². The smallest absolute Gasteiger partial charge is 0.211 e. The Labute approximate surface area is 202 Å². The Balaban J connectivity index is 0.00000480. The number of benzene rings is 1. The molecule has 1 saturated heterocycles. The molecule has 1 unspecified atom stereocenters. The average Bonchev–Trinajstić information content (AvgIpc) is 2.75. The molecule has 1 aromatic carbocycles. The van der Waals surface area contributed by atoms with Gasteiger partial charge in [-0.15, -0.1) is 24.0 Å². The molecule has 0 aliphatic carbocycles. The molecule has 31 heavy (non-hydrogen) atoms. The van der Waals surface area contributed by atoms with Crippen LogP contribution in [0.4, 0.5) is 4.39 Å². The molecular weight excluding hydrogens is 536 g/mol. The number of hydrogen-bond donors (Lipinski definition) is 3. The molecule has 0 saturated carbocycles. The van der Waals surface area contributed by atoms with E-state index in [4.69, 9.17) is 9.73 Å². The highest BCUT2D eigenvalue weighted by atomic mass is 127. The van der Waals surface area contributed by atoms with E-state index in [1.807, 2.05) is 19.1 Å². The van der Waals surface area contributed by atoms with E-state index in [9.17, 15) is 12.8 Å². The molecule has 3 N–H and O–H groups in total. The first-order chi connectivity index (χ1) is 14.4. The molecule has 8 nitrogen and oxygen atoms in total. The predicted molar refractivity (Wildman–Crippen MR) is 133 cm³/mol. The summed E-state index contributed by atoms with van der Waals surface area (Å²) in [5.41, 5.74) is 1.02. The summed E-state index contributed by atoms with van der Waals surface area (Å²) in [5.74, 6) is 0.504. The minimum absolute atomic E-state index is 0. The molecule has 1 heterocycles. The number of guanidine groups is 1. The van der Waals surface area contributed by atoms with Crippen molar-refractivity contribution in [2.24, 2.45) is 4.99 Å². The third kappa shape index (κ3) is 10.4. The molecule has 0 spiro atoms. The average molecular weight is 572 g/mol. The molecule has 11 heteroatoms. The van der Waals surface area contributed by atoms with Crippen LogP contribution in [-0.2, 0) is 14.8 Å². The van der Waals surface area contributed by atoms with Crippen LogP contribution in [0.1, 0.15) is 31.9 Å². The Morgan fingerprint density at radius 2 is 1.84 bits per heavy atom. The molecular formula is C20H35FIN5O3S. The number of nitrogens with zero attached hydrogens (tertiary/aromatic N) is 2. The zero-order chi connectivity index (χ0) is 21.8. The fraction of sp³-hybridized carbons (Fsp3) is 0.650. The van der Waals surface area contributed by atoms with Crippen LogP contribution in [0.25, 0.3) is 0 Å². The van der Waals surface area contributed by atoms with Crippen LogP contribution in [0.15, 0.2) is 29.3 Å². The van der Waals surface area contributed by atoms with Gasteiger partial charge in [-0.05, 0) is 38.0 Å². The van der Waals surface area contributed by atoms with Gasteiger partial charge in [0.15, 0.2) is 5.96 Å². The third-order valence-electron chi connectivity index (χ3n) is 4.86. The predicted octanol–water partition coefficient (Wildman–Crippen LogP) is 1.70. The maximum Gasteiger partial charge on any atom is 0.211 e. The Morgan fingerprint density at radius 3 is 2.45 bits per heavy atom. The van der Waals surface area contributed by atoms with Crippen molar-refractivity contribution in [3.8, 4) is 0 Å². The quantitative estimate of drug-likeness (QED) is 0.162. The van der Waals surface area contributed by atoms with Crippen LogP contribution in [0.2, 0.25) is 0 Å². The number of sulfonamides is 1. The summed E-state index contributed by atoms with van der Waals surface area (Å²) < 4.78 is 44.4. The SMILES string of the molecule is CCNC(=NCC(c1ccc(F)cc1)N1CCOCC1)NCCCNS(=O)(=O)CC.I. The zero-order valence-corrected chi connectivity index (χ0v) is 21.4. The van der Waals surface area contributed by atoms with Crippen molar-refractivity contribution in [3.63, 3.8) is 0 Å². The lowest BCUT2D eigenvalue weighted by molar-refractivity contribution is 0.0179. The van der Waals surface area contributed by atoms with Gasteiger partial charge in [0.05, 0.1) is 31.6 Å². The molecule has 0 amide bonds. The maximum atomic E-state index is 13.4. The van der Waals surface area contributed by atoms with Crippen molar-refractivity contribution in [2.45, 2.75) is 26.3 Å². The lowest BCUT2D eigenvalue weighted by Crippen LogP contribution is -2.42. The summed E-state index contributed by atoms with van der Waals surface area (Å²) in [6, 6.07) is 6.61. The molecule has 1 aliphatic heterocycles. The largest absolute Gasteiger partial charge is 0.379 e. The molecule has 0 radical (unpaired) electrons. The summed E-state index contributed by atoms with van der Waals surface area (Å²) in [6.45, 7) is 8.77. The van der Waals surface area contributed by atoms with Gasteiger partial charge in [-0.25, -0.2) is 17.5 Å². The lowest BCUT2D eigenvalue weighted by Gasteiger charge is -2.34. The van der Waals surface area contributed by atoms with Crippen molar-refractivity contribution in [1.82, 2.24) is 20.3 Å². The van der Waals surface area contributed by atoms with Gasteiger partial charge < -0.3 is 15.4 Å². The first-order valence-electron chi connectivity index (χ1n) is 10.5. The fourth-order valence-corrected chi connectivity index (χ4v) is 3.81. The van der Waals surface area contributed by atoms with Crippen LogP contribution in [0.5, 0.6) is 0 Å². The topological polar surface area (TPSA) is 95.1 Å². The van der Waals surface area contributed by atoms with Crippen molar-refractivity contribution in [2.75, 3.05) is 58.2 Å². The number of aliphatic imine (C=N–C) groups is 1. The first kappa shape index (κ1) is 28.0. The van der Waals surface area contributed by atoms with Gasteiger partial charge >= 0.3 is 0 Å². The van der Waals surface area contributed by atoms with Gasteiger partial charge in [0, 0.05) is 32.7 Å². The Hall–Kier alpha value is -1.02. The van der Waals surface area contributed by atoms with Crippen molar-refractivity contribution < 1.29 is 17.5 Å². The second-order valence-corrected chi connectivity index (χ2v) is 9.11. The molecule has 1 atom stereocenters. The summed E-state index contributed by atoms with van der Waals surface area (Å²) in [6.07, 6.45) is 0.647. The normalized spacial score (nSPS) is 16.4. The van der Waals surface area contributed by atoms with Gasteiger partial charge in [-0.2, -0.15) is 0 Å². The standard InChI is InChI=1S/C20H34FN5O3S.HI/c1-3-22-20(23-10-5-11-25-30(27,28)4-2)24-16-19(26-12-14-29-15-13-26)17-6-8-18(21)9-7-17;/h6-9,19,25H,3-5,10-16H2,1-2H3,(H2,22,23,24);1H. The monoisotopic (exact) mass is 571 g/mol. The van der Waals surface area contributed by atoms with E-state index in [0.717, 1.165) is 18.7 Å². The molecule has 1 aliphatic rings. The zero-order valence-electron chi connectivity index (χ0n) is 18.3. The van der Waals surface area contributed by atoms with E-state index in [1.54, 1.807) is 6.92 Å². The summed E-state index contributed by atoms with van der Waals surface area (Å²) in [7, 11) is -3.16. The van der Waals surface area contributed by atoms with E-state index in [-0.39, 0.29) is 41.6 Å². The molecule has 2 rings (SSSR count). The minimum Gasteiger partial charge on any atom is -0.379 e. The van der Waals surface area contributed by atoms with Crippen LogP contribution < -0.4 is 15.4 Å². The minimum atomic E-state index is -3.16. The third-order valence-corrected chi connectivity index (χ3v) is 6.26. The van der Waals surface area contributed by atoms with Gasteiger partial charge in [0.25, 0.3) is 0 Å². The molecule has 0 aromatic heterocycles.